The van der Waals surface area contributed by atoms with Gasteiger partial charge in [0.2, 0.25) is 0 Å². The molecule has 0 unspecified atom stereocenters. The first kappa shape index (κ1) is 242. The van der Waals surface area contributed by atoms with Gasteiger partial charge in [-0.15, -0.1) is 0 Å². The molecule has 0 aromatic heterocycles. The number of hydrogen-bond donors (Lipinski definition) is 3. The van der Waals surface area contributed by atoms with Gasteiger partial charge in [0.05, 0.1) is 0 Å². The van der Waals surface area contributed by atoms with E-state index in [1.807, 2.05) is 0 Å². The average Bonchev–Trinajstić information content (AvgIpc) is 0.722. The van der Waals surface area contributed by atoms with Crippen molar-refractivity contribution in [3.05, 3.63) is 0 Å². The Labute approximate surface area is 160 Å². The van der Waals surface area contributed by atoms with E-state index in [4.69, 9.17) is 19.2 Å². The molecule has 0 saturated carbocycles. The summed E-state index contributed by atoms with van der Waals surface area (Å²) in [6, 6.07) is 0. The summed E-state index contributed by atoms with van der Waals surface area (Å²) in [6.45, 7) is 0. The van der Waals surface area contributed by atoms with Crippen LogP contribution in [-0.2, 0) is 4.57 Å². The zero-order chi connectivity index (χ0) is 4.50. The minimum atomic E-state index is -4.64. The summed E-state index contributed by atoms with van der Waals surface area (Å²) in [5.74, 6) is 0. The van der Waals surface area contributed by atoms with E-state index in [9.17, 15) is 0 Å². The van der Waals surface area contributed by atoms with Crippen molar-refractivity contribution in [3.8, 4) is 0 Å². The maximum atomic E-state index is 8.88. The molecule has 0 aliphatic heterocycles. The molecular weight excluding hydrogens is 353 g/mol. The predicted octanol–water partition coefficient (Wildman–Crippen LogP) is -12.7. The maximum absolute atomic E-state index is 8.88. The fourth-order valence-corrected chi connectivity index (χ4v) is 0. The van der Waals surface area contributed by atoms with Crippen molar-refractivity contribution in [2.24, 2.45) is 0 Å². The molecule has 27 N–H and O–H groups in total. The van der Waals surface area contributed by atoms with Crippen molar-refractivity contribution in [1.29, 1.82) is 0 Å². The van der Waals surface area contributed by atoms with Crippen LogP contribution in [0.4, 0.5) is 0 Å². The van der Waals surface area contributed by atoms with Crippen LogP contribution in [-0.4, -0.2) is 149 Å². The van der Waals surface area contributed by atoms with Gasteiger partial charge in [0.15, 0.2) is 17.4 Å². The summed E-state index contributed by atoms with van der Waals surface area (Å²) < 4.78 is 8.88. The van der Waals surface area contributed by atoms with E-state index < -0.39 is 7.82 Å². The van der Waals surface area contributed by atoms with Crippen LogP contribution in [0, 0.1) is 0 Å². The molecule has 19 heteroatoms. The second-order valence-electron chi connectivity index (χ2n) is 0.513. The molecule has 0 fully saturated rings. The molecule has 19 heavy (non-hydrogen) atoms. The van der Waals surface area contributed by atoms with Crippen LogP contribution in [0.1, 0.15) is 0 Å². The van der Waals surface area contributed by atoms with Crippen LogP contribution in [0.3, 0.4) is 0 Å². The fraction of sp³-hybridized carbons (Fsp3) is 0. The second-order valence-corrected chi connectivity index (χ2v) is 1.54. The summed E-state index contributed by atoms with van der Waals surface area (Å²) in [5.41, 5.74) is 0. The van der Waals surface area contributed by atoms with E-state index in [2.05, 4.69) is 0 Å². The van der Waals surface area contributed by atoms with Gasteiger partial charge < -0.3 is 80.4 Å². The summed E-state index contributed by atoms with van der Waals surface area (Å²) in [4.78, 5) is 21.6. The SMILES string of the molecule is O.O.O.O.O.O.O.O.O.O.O.O.O=P(O)(O)O.[AlH3].[KH]. The van der Waals surface area contributed by atoms with Gasteiger partial charge in [-0.3, -0.25) is 0 Å². The van der Waals surface area contributed by atoms with Gasteiger partial charge in [-0.2, -0.15) is 0 Å². The number of hydrogen-bond acceptors (Lipinski definition) is 1. The van der Waals surface area contributed by atoms with E-state index in [0.717, 1.165) is 0 Å². The standard InChI is InChI=1S/Al.K.H3O4P.12H2O.4H/c;;1-5(2,3)4;;;;;;;;;;;;;;;;/h;;(H3,1,2,3,4);12*1H2;;;;. The Morgan fingerprint density at radius 3 is 0.474 bits per heavy atom. The van der Waals surface area contributed by atoms with Crippen molar-refractivity contribution >= 4 is 76.6 Å². The van der Waals surface area contributed by atoms with Crippen molar-refractivity contribution in [3.63, 3.8) is 0 Å². The normalized spacial score (nSPS) is 3.11. The van der Waals surface area contributed by atoms with E-state index in [1.165, 1.54) is 0 Å². The van der Waals surface area contributed by atoms with Crippen LogP contribution >= 0.6 is 7.82 Å². The Hall–Kier alpha value is 1.80. The fourth-order valence-electron chi connectivity index (χ4n) is 0. The number of phosphoric acid groups is 1. The molecule has 0 atom stereocenters. The molecule has 136 valence electrons. The molecule has 0 heterocycles. The summed E-state index contributed by atoms with van der Waals surface area (Å²) in [7, 11) is -4.64. The van der Waals surface area contributed by atoms with Crippen LogP contribution in [0.15, 0.2) is 0 Å². The van der Waals surface area contributed by atoms with Crippen molar-refractivity contribution in [2.75, 3.05) is 0 Å². The third kappa shape index (κ3) is 1940. The third-order valence-corrected chi connectivity index (χ3v) is 0. The van der Waals surface area contributed by atoms with Crippen molar-refractivity contribution in [2.45, 2.75) is 0 Å². The molecule has 0 aliphatic rings. The van der Waals surface area contributed by atoms with E-state index in [-0.39, 0.29) is 134 Å². The molecular formula is H31AlKO16P. The topological polar surface area (TPSA) is 456 Å². The molecule has 0 spiro atoms. The summed E-state index contributed by atoms with van der Waals surface area (Å²) >= 11 is 0. The molecule has 0 amide bonds. The Kier molecular flexibility index (Phi) is 1470. The van der Waals surface area contributed by atoms with Gasteiger partial charge in [-0.25, -0.2) is 4.57 Å². The zero-order valence-electron chi connectivity index (χ0n) is 8.20. The summed E-state index contributed by atoms with van der Waals surface area (Å²) in [6.07, 6.45) is 0. The Morgan fingerprint density at radius 2 is 0.474 bits per heavy atom. The van der Waals surface area contributed by atoms with Gasteiger partial charge in [0.25, 0.3) is 0 Å². The second kappa shape index (κ2) is 115. The van der Waals surface area contributed by atoms with Crippen LogP contribution < -0.4 is 0 Å². The Morgan fingerprint density at radius 1 is 0.474 bits per heavy atom. The quantitative estimate of drug-likeness (QED) is 0.270. The first-order valence-corrected chi connectivity index (χ1v) is 2.35. The van der Waals surface area contributed by atoms with Gasteiger partial charge in [-0.1, -0.05) is 0 Å². The number of rotatable bonds is 0. The third-order valence-electron chi connectivity index (χ3n) is 0. The van der Waals surface area contributed by atoms with Crippen LogP contribution in [0.2, 0.25) is 0 Å². The van der Waals surface area contributed by atoms with E-state index in [1.54, 1.807) is 0 Å². The van der Waals surface area contributed by atoms with E-state index in [0.29, 0.717) is 0 Å². The first-order valence-electron chi connectivity index (χ1n) is 0.783. The minimum absolute atomic E-state index is 0. The molecule has 0 aromatic carbocycles. The van der Waals surface area contributed by atoms with Gasteiger partial charge >= 0.3 is 59.2 Å². The van der Waals surface area contributed by atoms with E-state index >= 15 is 0 Å². The van der Waals surface area contributed by atoms with Crippen LogP contribution in [0.25, 0.3) is 0 Å². The first-order chi connectivity index (χ1) is 2.00. The van der Waals surface area contributed by atoms with Gasteiger partial charge in [0, 0.05) is 0 Å². The van der Waals surface area contributed by atoms with Crippen molar-refractivity contribution in [1.82, 2.24) is 0 Å². The molecule has 0 radical (unpaired) electrons. The molecule has 0 saturated heterocycles. The van der Waals surface area contributed by atoms with Gasteiger partial charge in [0.1, 0.15) is 0 Å². The molecule has 16 nitrogen and oxygen atoms in total. The molecule has 0 aliphatic carbocycles. The monoisotopic (exact) mass is 384 g/mol. The molecule has 0 bridgehead atoms. The molecule has 0 rings (SSSR count). The molecule has 0 aromatic rings. The van der Waals surface area contributed by atoms with Crippen LogP contribution in [0.5, 0.6) is 0 Å². The summed E-state index contributed by atoms with van der Waals surface area (Å²) in [5, 5.41) is 0. The average molecular weight is 384 g/mol. The van der Waals surface area contributed by atoms with Gasteiger partial charge in [-0.05, 0) is 0 Å². The Bertz CT molecular complexity index is 62.9. The predicted molar refractivity (Wildman–Crippen MR) is 74.7 cm³/mol. The Balaban J connectivity index is -0.000000000879. The zero-order valence-corrected chi connectivity index (χ0v) is 9.09. The van der Waals surface area contributed by atoms with Crippen molar-refractivity contribution < 1.29 is 85.0 Å².